The second-order valence-electron chi connectivity index (χ2n) is 6.55. The Morgan fingerprint density at radius 3 is 2.33 bits per heavy atom. The van der Waals surface area contributed by atoms with Crippen LogP contribution in [0, 0.1) is 0 Å². The van der Waals surface area contributed by atoms with Crippen LogP contribution in [0.5, 0.6) is 23.0 Å². The number of ether oxygens (including phenoxy) is 4. The Morgan fingerprint density at radius 1 is 0.867 bits per heavy atom. The Hall–Kier alpha value is -3.39. The average Bonchev–Trinajstić information content (AvgIpc) is 3.25. The summed E-state index contributed by atoms with van der Waals surface area (Å²) in [7, 11) is -0.928. The van der Waals surface area contributed by atoms with Gasteiger partial charge in [-0.15, -0.1) is 0 Å². The van der Waals surface area contributed by atoms with Gasteiger partial charge in [0.25, 0.3) is 10.0 Å². The molecule has 8 heteroatoms. The van der Waals surface area contributed by atoms with Gasteiger partial charge in [-0.2, -0.15) is 0 Å². The number of para-hydroxylation sites is 1. The van der Waals surface area contributed by atoms with E-state index in [9.17, 15) is 8.42 Å². The number of nitrogens with zero attached hydrogens (tertiary/aromatic N) is 1. The lowest BCUT2D eigenvalue weighted by Crippen LogP contribution is -2.30. The Labute approximate surface area is 175 Å². The van der Waals surface area contributed by atoms with Crippen LogP contribution in [0.2, 0.25) is 0 Å². The molecular weight excluding hydrogens is 406 g/mol. The topological polar surface area (TPSA) is 74.3 Å². The molecule has 0 atom stereocenters. The molecule has 3 aromatic carbocycles. The Balaban J connectivity index is 1.76. The first-order chi connectivity index (χ1) is 14.5. The smallest absolute Gasteiger partial charge is 0.264 e. The van der Waals surface area contributed by atoms with Crippen molar-refractivity contribution in [2.45, 2.75) is 11.4 Å². The quantitative estimate of drug-likeness (QED) is 0.571. The van der Waals surface area contributed by atoms with Gasteiger partial charge in [0.15, 0.2) is 23.0 Å². The number of hydrogen-bond acceptors (Lipinski definition) is 6. The third-order valence-electron chi connectivity index (χ3n) is 4.75. The highest BCUT2D eigenvalue weighted by molar-refractivity contribution is 7.92. The van der Waals surface area contributed by atoms with Crippen LogP contribution in [0.4, 0.5) is 5.69 Å². The van der Waals surface area contributed by atoms with Crippen LogP contribution < -0.4 is 23.3 Å². The van der Waals surface area contributed by atoms with E-state index in [0.717, 1.165) is 5.56 Å². The molecule has 156 valence electrons. The highest BCUT2D eigenvalue weighted by atomic mass is 32.2. The summed E-state index contributed by atoms with van der Waals surface area (Å²) in [4.78, 5) is 0.102. The zero-order valence-electron chi connectivity index (χ0n) is 16.6. The van der Waals surface area contributed by atoms with Gasteiger partial charge in [0, 0.05) is 6.07 Å². The lowest BCUT2D eigenvalue weighted by atomic mass is 10.2. The minimum atomic E-state index is -3.90. The fourth-order valence-corrected chi connectivity index (χ4v) is 4.69. The number of anilines is 1. The Kier molecular flexibility index (Phi) is 5.41. The fourth-order valence-electron chi connectivity index (χ4n) is 3.22. The van der Waals surface area contributed by atoms with Gasteiger partial charge in [-0.3, -0.25) is 4.31 Å². The van der Waals surface area contributed by atoms with E-state index in [0.29, 0.717) is 28.7 Å². The first kappa shape index (κ1) is 19.9. The molecule has 0 bridgehead atoms. The SMILES string of the molecule is COc1ccc(S(=O)(=O)N(Cc2ccc3c(c2)OCO3)c2ccccc2)cc1OC. The van der Waals surface area contributed by atoms with Gasteiger partial charge >= 0.3 is 0 Å². The van der Waals surface area contributed by atoms with Crippen LogP contribution in [-0.4, -0.2) is 29.4 Å². The highest BCUT2D eigenvalue weighted by Gasteiger charge is 2.27. The maximum atomic E-state index is 13.6. The van der Waals surface area contributed by atoms with Crippen LogP contribution >= 0.6 is 0 Å². The molecule has 0 unspecified atom stereocenters. The van der Waals surface area contributed by atoms with E-state index < -0.39 is 10.0 Å². The zero-order valence-corrected chi connectivity index (χ0v) is 17.4. The molecule has 0 aliphatic carbocycles. The predicted molar refractivity (Wildman–Crippen MR) is 112 cm³/mol. The van der Waals surface area contributed by atoms with Gasteiger partial charge in [-0.1, -0.05) is 24.3 Å². The van der Waals surface area contributed by atoms with Crippen molar-refractivity contribution in [3.8, 4) is 23.0 Å². The summed E-state index contributed by atoms with van der Waals surface area (Å²) in [6.45, 7) is 0.280. The third-order valence-corrected chi connectivity index (χ3v) is 6.52. The molecule has 0 saturated carbocycles. The van der Waals surface area contributed by atoms with Gasteiger partial charge in [0.05, 0.1) is 31.3 Å². The molecular formula is C22H21NO6S. The molecule has 3 aromatic rings. The minimum Gasteiger partial charge on any atom is -0.493 e. The molecule has 0 radical (unpaired) electrons. The number of fused-ring (bicyclic) bond motifs is 1. The van der Waals surface area contributed by atoms with E-state index in [1.54, 1.807) is 42.5 Å². The number of methoxy groups -OCH3 is 2. The molecule has 7 nitrogen and oxygen atoms in total. The molecule has 0 fully saturated rings. The van der Waals surface area contributed by atoms with Gasteiger partial charge in [0.1, 0.15) is 0 Å². The highest BCUT2D eigenvalue weighted by Crippen LogP contribution is 2.35. The van der Waals surface area contributed by atoms with E-state index in [-0.39, 0.29) is 18.2 Å². The van der Waals surface area contributed by atoms with Gasteiger partial charge < -0.3 is 18.9 Å². The van der Waals surface area contributed by atoms with Crippen molar-refractivity contribution in [2.75, 3.05) is 25.3 Å². The predicted octanol–water partition coefficient (Wildman–Crippen LogP) is 3.83. The van der Waals surface area contributed by atoms with Crippen LogP contribution in [0.3, 0.4) is 0 Å². The molecule has 1 aliphatic heterocycles. The Bertz CT molecular complexity index is 1150. The van der Waals surface area contributed by atoms with Crippen molar-refractivity contribution in [1.29, 1.82) is 0 Å². The van der Waals surface area contributed by atoms with Gasteiger partial charge in [-0.05, 0) is 42.0 Å². The molecule has 1 aliphatic rings. The summed E-state index contributed by atoms with van der Waals surface area (Å²) in [5, 5.41) is 0. The molecule has 4 rings (SSSR count). The van der Waals surface area contributed by atoms with Crippen molar-refractivity contribution in [1.82, 2.24) is 0 Å². The number of benzene rings is 3. The largest absolute Gasteiger partial charge is 0.493 e. The molecule has 1 heterocycles. The molecule has 0 saturated heterocycles. The number of sulfonamides is 1. The molecule has 30 heavy (non-hydrogen) atoms. The van der Waals surface area contributed by atoms with Crippen LogP contribution in [0.1, 0.15) is 5.56 Å². The summed E-state index contributed by atoms with van der Waals surface area (Å²) < 4.78 is 49.9. The Morgan fingerprint density at radius 2 is 1.60 bits per heavy atom. The number of rotatable bonds is 7. The summed E-state index contributed by atoms with van der Waals surface area (Å²) in [6, 6.07) is 18.9. The van der Waals surface area contributed by atoms with E-state index in [2.05, 4.69) is 0 Å². The van der Waals surface area contributed by atoms with Crippen molar-refractivity contribution < 1.29 is 27.4 Å². The summed E-state index contributed by atoms with van der Waals surface area (Å²) in [6.07, 6.45) is 0. The van der Waals surface area contributed by atoms with E-state index in [1.807, 2.05) is 12.1 Å². The second kappa shape index (κ2) is 8.16. The first-order valence-corrected chi connectivity index (χ1v) is 10.7. The average molecular weight is 427 g/mol. The van der Waals surface area contributed by atoms with Crippen LogP contribution in [-0.2, 0) is 16.6 Å². The van der Waals surface area contributed by atoms with Gasteiger partial charge in [0.2, 0.25) is 6.79 Å². The zero-order chi connectivity index (χ0) is 21.1. The van der Waals surface area contributed by atoms with Gasteiger partial charge in [-0.25, -0.2) is 8.42 Å². The summed E-state index contributed by atoms with van der Waals surface area (Å²) >= 11 is 0. The third kappa shape index (κ3) is 3.73. The summed E-state index contributed by atoms with van der Waals surface area (Å²) in [5.74, 6) is 2.05. The van der Waals surface area contributed by atoms with E-state index in [1.165, 1.54) is 30.7 Å². The maximum Gasteiger partial charge on any atom is 0.264 e. The first-order valence-electron chi connectivity index (χ1n) is 9.21. The van der Waals surface area contributed by atoms with Crippen LogP contribution in [0.25, 0.3) is 0 Å². The normalized spacial score (nSPS) is 12.5. The fraction of sp³-hybridized carbons (Fsp3) is 0.182. The molecule has 0 amide bonds. The minimum absolute atomic E-state index is 0.102. The standard InChI is InChI=1S/C22H21NO6S/c1-26-19-11-9-18(13-21(19)27-2)30(24,25)23(17-6-4-3-5-7-17)14-16-8-10-20-22(12-16)29-15-28-20/h3-13H,14-15H2,1-2H3. The lowest BCUT2D eigenvalue weighted by Gasteiger charge is -2.25. The summed E-state index contributed by atoms with van der Waals surface area (Å²) in [5.41, 5.74) is 1.32. The monoisotopic (exact) mass is 427 g/mol. The van der Waals surface area contributed by atoms with Crippen molar-refractivity contribution in [3.05, 3.63) is 72.3 Å². The van der Waals surface area contributed by atoms with Crippen molar-refractivity contribution in [2.24, 2.45) is 0 Å². The lowest BCUT2D eigenvalue weighted by molar-refractivity contribution is 0.174. The van der Waals surface area contributed by atoms with E-state index >= 15 is 0 Å². The molecule has 0 aromatic heterocycles. The van der Waals surface area contributed by atoms with E-state index in [4.69, 9.17) is 18.9 Å². The second-order valence-corrected chi connectivity index (χ2v) is 8.41. The number of hydrogen-bond donors (Lipinski definition) is 0. The van der Waals surface area contributed by atoms with Crippen molar-refractivity contribution in [3.63, 3.8) is 0 Å². The molecule has 0 spiro atoms. The maximum absolute atomic E-state index is 13.6. The van der Waals surface area contributed by atoms with Crippen molar-refractivity contribution >= 4 is 15.7 Å². The van der Waals surface area contributed by atoms with Crippen LogP contribution in [0.15, 0.2) is 71.6 Å². The molecule has 0 N–H and O–H groups in total.